The van der Waals surface area contributed by atoms with E-state index in [4.69, 9.17) is 0 Å². The van der Waals surface area contributed by atoms with E-state index >= 15 is 0 Å². The molecule has 3 aliphatic rings. The third kappa shape index (κ3) is 2.67. The van der Waals surface area contributed by atoms with E-state index in [9.17, 15) is 9.59 Å². The van der Waals surface area contributed by atoms with Crippen LogP contribution in [0.3, 0.4) is 0 Å². The minimum Gasteiger partial charge on any atom is -0.341 e. The van der Waals surface area contributed by atoms with Gasteiger partial charge in [0.05, 0.1) is 24.0 Å². The number of aromatic nitrogens is 2. The number of carbonyl (C=O) groups is 2. The van der Waals surface area contributed by atoms with Crippen molar-refractivity contribution in [3.05, 3.63) is 42.1 Å². The Balaban J connectivity index is 1.55. The van der Waals surface area contributed by atoms with Crippen LogP contribution in [0.25, 0.3) is 5.69 Å². The van der Waals surface area contributed by atoms with Gasteiger partial charge in [0.1, 0.15) is 12.4 Å². The van der Waals surface area contributed by atoms with Gasteiger partial charge in [0.15, 0.2) is 5.82 Å². The molecule has 1 saturated heterocycles. The maximum absolute atomic E-state index is 13.2. The first kappa shape index (κ1) is 17.0. The maximum atomic E-state index is 13.2. The summed E-state index contributed by atoms with van der Waals surface area (Å²) in [5, 5.41) is 4.52. The highest BCUT2D eigenvalue weighted by Gasteiger charge is 2.41. The smallest absolute Gasteiger partial charge is 0.331 e. The second kappa shape index (κ2) is 6.78. The van der Waals surface area contributed by atoms with Gasteiger partial charge in [0.25, 0.3) is 0 Å². The van der Waals surface area contributed by atoms with Gasteiger partial charge in [-0.15, -0.1) is 0 Å². The third-order valence-electron chi connectivity index (χ3n) is 5.55. The molecule has 0 atom stereocenters. The molecular formula is C20H22N6O2. The van der Waals surface area contributed by atoms with E-state index in [0.29, 0.717) is 24.7 Å². The monoisotopic (exact) mass is 378 g/mol. The SMILES string of the molecule is O=C(CN1C(=O)N2CCN=C2c2cnn(-c3ccccc3)c21)N1CCCCC1. The van der Waals surface area contributed by atoms with Gasteiger partial charge in [0, 0.05) is 19.6 Å². The summed E-state index contributed by atoms with van der Waals surface area (Å²) in [4.78, 5) is 35.8. The van der Waals surface area contributed by atoms with Crippen LogP contribution in [0, 0.1) is 0 Å². The van der Waals surface area contributed by atoms with E-state index in [1.165, 1.54) is 0 Å². The lowest BCUT2D eigenvalue weighted by Gasteiger charge is -2.35. The van der Waals surface area contributed by atoms with Crippen LogP contribution >= 0.6 is 0 Å². The number of aliphatic imine (C=N–C) groups is 1. The number of benzene rings is 1. The Labute approximate surface area is 163 Å². The third-order valence-corrected chi connectivity index (χ3v) is 5.55. The fraction of sp³-hybridized carbons (Fsp3) is 0.400. The van der Waals surface area contributed by atoms with Crippen LogP contribution < -0.4 is 4.90 Å². The largest absolute Gasteiger partial charge is 0.341 e. The van der Waals surface area contributed by atoms with Crippen molar-refractivity contribution in [1.29, 1.82) is 0 Å². The fourth-order valence-electron chi connectivity index (χ4n) is 4.14. The summed E-state index contributed by atoms with van der Waals surface area (Å²) in [6.45, 7) is 2.67. The van der Waals surface area contributed by atoms with E-state index in [0.717, 1.165) is 43.6 Å². The molecule has 2 aromatic rings. The van der Waals surface area contributed by atoms with Crippen molar-refractivity contribution in [3.8, 4) is 5.69 Å². The van der Waals surface area contributed by atoms with E-state index in [1.54, 1.807) is 20.7 Å². The molecule has 1 aromatic carbocycles. The predicted molar refractivity (Wildman–Crippen MR) is 105 cm³/mol. The van der Waals surface area contributed by atoms with Gasteiger partial charge >= 0.3 is 6.03 Å². The van der Waals surface area contributed by atoms with Crippen LogP contribution in [0.4, 0.5) is 10.6 Å². The van der Waals surface area contributed by atoms with Gasteiger partial charge < -0.3 is 4.90 Å². The number of piperidine rings is 1. The molecule has 0 unspecified atom stereocenters. The van der Waals surface area contributed by atoms with E-state index < -0.39 is 0 Å². The summed E-state index contributed by atoms with van der Waals surface area (Å²) >= 11 is 0. The first-order valence-corrected chi connectivity index (χ1v) is 9.79. The molecule has 28 heavy (non-hydrogen) atoms. The first-order chi connectivity index (χ1) is 13.7. The Bertz CT molecular complexity index is 945. The number of amides is 3. The number of amidine groups is 1. The summed E-state index contributed by atoms with van der Waals surface area (Å²) < 4.78 is 1.73. The minimum absolute atomic E-state index is 0.0144. The van der Waals surface area contributed by atoms with Crippen LogP contribution in [0.5, 0.6) is 0 Å². The number of para-hydroxylation sites is 1. The summed E-state index contributed by atoms with van der Waals surface area (Å²) in [5.41, 5.74) is 1.64. The van der Waals surface area contributed by atoms with Crippen molar-refractivity contribution < 1.29 is 9.59 Å². The average Bonchev–Trinajstić information content (AvgIpc) is 3.39. The molecule has 0 spiro atoms. The molecule has 1 fully saturated rings. The van der Waals surface area contributed by atoms with Gasteiger partial charge in [-0.1, -0.05) is 18.2 Å². The standard InChI is InChI=1S/C20H22N6O2/c27-17(23-10-5-2-6-11-23)14-25-19-16(18-21-9-12-24(18)20(25)28)13-22-26(19)15-7-3-1-4-8-15/h1,3-4,7-8,13H,2,5-6,9-12,14H2. The molecule has 3 aliphatic heterocycles. The quantitative estimate of drug-likeness (QED) is 0.819. The zero-order chi connectivity index (χ0) is 19.1. The van der Waals surface area contributed by atoms with E-state index in [2.05, 4.69) is 10.1 Å². The van der Waals surface area contributed by atoms with Crippen LogP contribution in [-0.4, -0.2) is 70.1 Å². The lowest BCUT2D eigenvalue weighted by atomic mass is 10.1. The molecule has 0 N–H and O–H groups in total. The Hall–Kier alpha value is -3.16. The number of hydrogen-bond acceptors (Lipinski definition) is 4. The van der Waals surface area contributed by atoms with Gasteiger partial charge in [-0.25, -0.2) is 9.48 Å². The number of urea groups is 1. The molecule has 0 radical (unpaired) electrons. The van der Waals surface area contributed by atoms with Gasteiger partial charge in [0.2, 0.25) is 5.91 Å². The predicted octanol–water partition coefficient (Wildman–Crippen LogP) is 1.89. The van der Waals surface area contributed by atoms with Crippen LogP contribution in [0.1, 0.15) is 24.8 Å². The Morgan fingerprint density at radius 1 is 1.04 bits per heavy atom. The lowest BCUT2D eigenvalue weighted by Crippen LogP contribution is -2.54. The highest BCUT2D eigenvalue weighted by molar-refractivity contribution is 6.20. The molecular weight excluding hydrogens is 356 g/mol. The summed E-state index contributed by atoms with van der Waals surface area (Å²) in [5.74, 6) is 1.27. The zero-order valence-electron chi connectivity index (χ0n) is 15.6. The minimum atomic E-state index is -0.202. The summed E-state index contributed by atoms with van der Waals surface area (Å²) in [6, 6.07) is 9.46. The van der Waals surface area contributed by atoms with Gasteiger partial charge in [-0.05, 0) is 31.4 Å². The number of hydrogen-bond donors (Lipinski definition) is 0. The molecule has 3 amide bonds. The molecule has 0 bridgehead atoms. The molecule has 144 valence electrons. The molecule has 4 heterocycles. The molecule has 0 saturated carbocycles. The average molecular weight is 378 g/mol. The molecule has 0 aliphatic carbocycles. The molecule has 8 heteroatoms. The second-order valence-electron chi connectivity index (χ2n) is 7.30. The van der Waals surface area contributed by atoms with Crippen LogP contribution in [0.15, 0.2) is 41.5 Å². The van der Waals surface area contributed by atoms with Crippen LogP contribution in [0.2, 0.25) is 0 Å². The summed E-state index contributed by atoms with van der Waals surface area (Å²) in [6.07, 6.45) is 4.95. The Morgan fingerprint density at radius 2 is 1.82 bits per heavy atom. The second-order valence-corrected chi connectivity index (χ2v) is 7.30. The van der Waals surface area contributed by atoms with Crippen molar-refractivity contribution in [2.75, 3.05) is 37.6 Å². The number of rotatable bonds is 3. The molecule has 5 rings (SSSR count). The van der Waals surface area contributed by atoms with E-state index in [-0.39, 0.29) is 18.5 Å². The number of fused-ring (bicyclic) bond motifs is 3. The fourth-order valence-corrected chi connectivity index (χ4v) is 4.14. The van der Waals surface area contributed by atoms with Crippen molar-refractivity contribution in [2.45, 2.75) is 19.3 Å². The van der Waals surface area contributed by atoms with Crippen molar-refractivity contribution in [1.82, 2.24) is 19.6 Å². The van der Waals surface area contributed by atoms with Crippen molar-refractivity contribution in [3.63, 3.8) is 0 Å². The normalized spacial score (nSPS) is 18.8. The maximum Gasteiger partial charge on any atom is 0.331 e. The van der Waals surface area contributed by atoms with Gasteiger partial charge in [-0.2, -0.15) is 5.10 Å². The summed E-state index contributed by atoms with van der Waals surface area (Å²) in [7, 11) is 0. The Kier molecular flexibility index (Phi) is 4.11. The zero-order valence-corrected chi connectivity index (χ0v) is 15.6. The number of nitrogens with zero attached hydrogens (tertiary/aromatic N) is 6. The Morgan fingerprint density at radius 3 is 2.61 bits per heavy atom. The van der Waals surface area contributed by atoms with Crippen molar-refractivity contribution >= 4 is 23.6 Å². The molecule has 1 aromatic heterocycles. The first-order valence-electron chi connectivity index (χ1n) is 9.79. The lowest BCUT2D eigenvalue weighted by molar-refractivity contribution is -0.130. The topological polar surface area (TPSA) is 74.0 Å². The number of anilines is 1. The highest BCUT2D eigenvalue weighted by atomic mass is 16.2. The highest BCUT2D eigenvalue weighted by Crippen LogP contribution is 2.33. The van der Waals surface area contributed by atoms with Gasteiger partial charge in [-0.3, -0.25) is 19.6 Å². The molecule has 8 nitrogen and oxygen atoms in total. The van der Waals surface area contributed by atoms with Crippen molar-refractivity contribution in [2.24, 2.45) is 4.99 Å². The number of carbonyl (C=O) groups excluding carboxylic acids is 2. The van der Waals surface area contributed by atoms with Crippen LogP contribution in [-0.2, 0) is 4.79 Å². The number of likely N-dealkylation sites (tertiary alicyclic amines) is 1. The van der Waals surface area contributed by atoms with E-state index in [1.807, 2.05) is 35.2 Å².